The van der Waals surface area contributed by atoms with Crippen LogP contribution in [0, 0.1) is 5.92 Å². The summed E-state index contributed by atoms with van der Waals surface area (Å²) < 4.78 is 62.0. The Hall–Kier alpha value is -1.13. The molecule has 10 heteroatoms. The van der Waals surface area contributed by atoms with Gasteiger partial charge in [0.05, 0.1) is 0 Å². The number of halogens is 3. The molecule has 0 saturated carbocycles. The van der Waals surface area contributed by atoms with Crippen molar-refractivity contribution in [1.82, 2.24) is 4.31 Å². The van der Waals surface area contributed by atoms with Gasteiger partial charge in [-0.1, -0.05) is 13.8 Å². The maximum Gasteiger partial charge on any atom is 0.402 e. The van der Waals surface area contributed by atoms with Crippen molar-refractivity contribution < 1.29 is 31.5 Å². The maximum atomic E-state index is 12.5. The van der Waals surface area contributed by atoms with E-state index >= 15 is 0 Å². The minimum Gasteiger partial charge on any atom is -0.477 e. The van der Waals surface area contributed by atoms with Crippen LogP contribution in [0.2, 0.25) is 0 Å². The highest BCUT2D eigenvalue weighted by atomic mass is 32.2. The number of aromatic carboxylic acids is 1. The summed E-state index contributed by atoms with van der Waals surface area (Å²) in [6.45, 7) is 1.28. The lowest BCUT2D eigenvalue weighted by Crippen LogP contribution is -2.40. The normalized spacial score (nSPS) is 13.1. The number of alkyl halides is 3. The molecular weight excluding hydrogens is 331 g/mol. The number of hydrogen-bond acceptors (Lipinski definition) is 4. The third kappa shape index (κ3) is 4.97. The van der Waals surface area contributed by atoms with Gasteiger partial charge in [0.1, 0.15) is 15.6 Å². The quantitative estimate of drug-likeness (QED) is 0.860. The van der Waals surface area contributed by atoms with Gasteiger partial charge in [-0.25, -0.2) is 13.2 Å². The Morgan fingerprint density at radius 2 is 1.95 bits per heavy atom. The summed E-state index contributed by atoms with van der Waals surface area (Å²) in [5.41, 5.74) is 0. The summed E-state index contributed by atoms with van der Waals surface area (Å²) in [7, 11) is -4.37. The van der Waals surface area contributed by atoms with Crippen molar-refractivity contribution in [1.29, 1.82) is 0 Å². The van der Waals surface area contributed by atoms with E-state index in [1.807, 2.05) is 0 Å². The molecule has 5 nitrogen and oxygen atoms in total. The smallest absolute Gasteiger partial charge is 0.402 e. The van der Waals surface area contributed by atoms with Crippen molar-refractivity contribution >= 4 is 27.3 Å². The van der Waals surface area contributed by atoms with Crippen LogP contribution in [0.5, 0.6) is 0 Å². The molecule has 0 aliphatic heterocycles. The number of thiophene rings is 1. The fraction of sp³-hybridized carbons (Fsp3) is 0.545. The molecule has 0 atom stereocenters. The molecule has 0 fully saturated rings. The Morgan fingerprint density at radius 1 is 1.38 bits per heavy atom. The molecule has 1 heterocycles. The first-order valence-electron chi connectivity index (χ1n) is 5.83. The van der Waals surface area contributed by atoms with Crippen molar-refractivity contribution in [2.24, 2.45) is 5.92 Å². The Kier molecular flexibility index (Phi) is 5.40. The molecular formula is C11H14F3NO4S2. The average Bonchev–Trinajstić information content (AvgIpc) is 2.75. The van der Waals surface area contributed by atoms with E-state index in [1.165, 1.54) is 0 Å². The SMILES string of the molecule is CC(C)CN(CC(F)(F)F)S(=O)(=O)c1ccc(C(=O)O)s1. The Balaban J connectivity index is 3.16. The van der Waals surface area contributed by atoms with Crippen molar-refractivity contribution in [3.8, 4) is 0 Å². The molecule has 0 aliphatic carbocycles. The van der Waals surface area contributed by atoms with Crippen molar-refractivity contribution in [2.75, 3.05) is 13.1 Å². The number of nitrogens with zero attached hydrogens (tertiary/aromatic N) is 1. The highest BCUT2D eigenvalue weighted by Crippen LogP contribution is 2.28. The lowest BCUT2D eigenvalue weighted by molar-refractivity contribution is -0.136. The fourth-order valence-corrected chi connectivity index (χ4v) is 4.44. The second-order valence-corrected chi connectivity index (χ2v) is 7.98. The van der Waals surface area contributed by atoms with Gasteiger partial charge in [0.25, 0.3) is 10.0 Å². The van der Waals surface area contributed by atoms with E-state index in [2.05, 4.69) is 0 Å². The van der Waals surface area contributed by atoms with Crippen LogP contribution in [0.1, 0.15) is 23.5 Å². The van der Waals surface area contributed by atoms with Gasteiger partial charge in [0.15, 0.2) is 0 Å². The first kappa shape index (κ1) is 17.9. The summed E-state index contributed by atoms with van der Waals surface area (Å²) in [6, 6.07) is 2.06. The molecule has 0 bridgehead atoms. The molecule has 0 saturated heterocycles. The standard InChI is InChI=1S/C11H14F3NO4S2/c1-7(2)5-15(6-11(12,13)14)21(18,19)9-4-3-8(20-9)10(16)17/h3-4,7H,5-6H2,1-2H3,(H,16,17). The van der Waals surface area contributed by atoms with Crippen molar-refractivity contribution in [3.05, 3.63) is 17.0 Å². The van der Waals surface area contributed by atoms with Gasteiger partial charge < -0.3 is 5.11 Å². The molecule has 0 unspecified atom stereocenters. The third-order valence-electron chi connectivity index (χ3n) is 2.31. The van der Waals surface area contributed by atoms with Crippen LogP contribution in [-0.4, -0.2) is 43.1 Å². The van der Waals surface area contributed by atoms with E-state index in [1.54, 1.807) is 13.8 Å². The zero-order valence-electron chi connectivity index (χ0n) is 11.2. The van der Waals surface area contributed by atoms with Crippen molar-refractivity contribution in [2.45, 2.75) is 24.2 Å². The molecule has 0 amide bonds. The van der Waals surface area contributed by atoms with Crippen LogP contribution in [0.3, 0.4) is 0 Å². The fourth-order valence-electron chi connectivity index (χ4n) is 1.56. The third-order valence-corrected chi connectivity index (χ3v) is 5.66. The first-order valence-corrected chi connectivity index (χ1v) is 8.09. The lowest BCUT2D eigenvalue weighted by atomic mass is 10.2. The summed E-state index contributed by atoms with van der Waals surface area (Å²) in [4.78, 5) is 10.5. The van der Waals surface area contributed by atoms with Gasteiger partial charge in [0.2, 0.25) is 0 Å². The first-order chi connectivity index (χ1) is 9.43. The summed E-state index contributed by atoms with van der Waals surface area (Å²) in [6.07, 6.45) is -4.67. The van der Waals surface area contributed by atoms with Gasteiger partial charge >= 0.3 is 12.1 Å². The van der Waals surface area contributed by atoms with Gasteiger partial charge in [-0.3, -0.25) is 0 Å². The minimum absolute atomic E-state index is 0.245. The van der Waals surface area contributed by atoms with Crippen LogP contribution < -0.4 is 0 Å². The number of carboxylic acids is 1. The molecule has 0 aliphatic rings. The average molecular weight is 345 g/mol. The number of sulfonamides is 1. The highest BCUT2D eigenvalue weighted by Gasteiger charge is 2.38. The number of carbonyl (C=O) groups is 1. The molecule has 0 spiro atoms. The number of rotatable bonds is 6. The molecule has 1 aromatic heterocycles. The van der Waals surface area contributed by atoms with E-state index < -0.39 is 32.9 Å². The van der Waals surface area contributed by atoms with E-state index in [4.69, 9.17) is 5.11 Å². The van der Waals surface area contributed by atoms with Crippen LogP contribution in [0.15, 0.2) is 16.3 Å². The van der Waals surface area contributed by atoms with Gasteiger partial charge in [0, 0.05) is 6.54 Å². The molecule has 1 N–H and O–H groups in total. The van der Waals surface area contributed by atoms with E-state index in [0.717, 1.165) is 12.1 Å². The Bertz CT molecular complexity index is 607. The molecule has 21 heavy (non-hydrogen) atoms. The van der Waals surface area contributed by atoms with Crippen LogP contribution >= 0.6 is 11.3 Å². The zero-order valence-corrected chi connectivity index (χ0v) is 12.8. The zero-order chi connectivity index (χ0) is 16.4. The lowest BCUT2D eigenvalue weighted by Gasteiger charge is -2.24. The molecule has 120 valence electrons. The number of hydrogen-bond donors (Lipinski definition) is 1. The van der Waals surface area contributed by atoms with E-state index in [9.17, 15) is 26.4 Å². The molecule has 0 aromatic carbocycles. The predicted octanol–water partition coefficient (Wildman–Crippen LogP) is 2.66. The molecule has 0 radical (unpaired) electrons. The van der Waals surface area contributed by atoms with Crippen LogP contribution in [-0.2, 0) is 10.0 Å². The second-order valence-electron chi connectivity index (χ2n) is 4.73. The molecule has 1 aromatic rings. The molecule has 1 rings (SSSR count). The van der Waals surface area contributed by atoms with E-state index in [-0.39, 0.29) is 17.3 Å². The van der Waals surface area contributed by atoms with Gasteiger partial charge in [-0.05, 0) is 18.1 Å². The Morgan fingerprint density at radius 3 is 2.33 bits per heavy atom. The Labute approximate surface area is 124 Å². The summed E-state index contributed by atoms with van der Waals surface area (Å²) in [5.74, 6) is -1.63. The van der Waals surface area contributed by atoms with Crippen LogP contribution in [0.25, 0.3) is 0 Å². The van der Waals surface area contributed by atoms with Crippen LogP contribution in [0.4, 0.5) is 13.2 Å². The summed E-state index contributed by atoms with van der Waals surface area (Å²) in [5, 5.41) is 8.76. The predicted molar refractivity (Wildman–Crippen MR) is 70.9 cm³/mol. The van der Waals surface area contributed by atoms with Crippen molar-refractivity contribution in [3.63, 3.8) is 0 Å². The van der Waals surface area contributed by atoms with E-state index in [0.29, 0.717) is 15.6 Å². The highest BCUT2D eigenvalue weighted by molar-refractivity contribution is 7.91. The number of carboxylic acid groups (broad SMARTS) is 1. The topological polar surface area (TPSA) is 74.7 Å². The van der Waals surface area contributed by atoms with Gasteiger partial charge in [-0.2, -0.15) is 17.5 Å². The second kappa shape index (κ2) is 6.32. The summed E-state index contributed by atoms with van der Waals surface area (Å²) >= 11 is 0.433. The van der Waals surface area contributed by atoms with Gasteiger partial charge in [-0.15, -0.1) is 11.3 Å². The minimum atomic E-state index is -4.67. The maximum absolute atomic E-state index is 12.5. The largest absolute Gasteiger partial charge is 0.477 e. The monoisotopic (exact) mass is 345 g/mol.